The van der Waals surface area contributed by atoms with E-state index in [4.69, 9.17) is 5.11 Å². The van der Waals surface area contributed by atoms with Crippen molar-refractivity contribution in [2.24, 2.45) is 11.8 Å². The van der Waals surface area contributed by atoms with Crippen molar-refractivity contribution >= 4 is 5.97 Å². The Labute approximate surface area is 174 Å². The number of benzene rings is 1. The molecule has 1 saturated carbocycles. The average molecular weight is 432 g/mol. The number of aliphatic carboxylic acids is 1. The molecule has 1 aliphatic rings. The highest BCUT2D eigenvalue weighted by Gasteiger charge is 2.41. The molecule has 1 aromatic carbocycles. The van der Waals surface area contributed by atoms with E-state index >= 15 is 0 Å². The van der Waals surface area contributed by atoms with Crippen LogP contribution < -0.4 is 0 Å². The second-order valence-electron chi connectivity index (χ2n) is 8.26. The molecule has 0 bridgehead atoms. The molecule has 1 unspecified atom stereocenters. The number of carbonyl (C=O) groups is 1. The minimum atomic E-state index is -4.48. The van der Waals surface area contributed by atoms with Gasteiger partial charge in [0.25, 0.3) is 0 Å². The molecule has 1 fully saturated rings. The van der Waals surface area contributed by atoms with Gasteiger partial charge in [-0.3, -0.25) is 4.79 Å². The Balaban J connectivity index is 1.86. The number of aliphatic hydroxyl groups is 3. The lowest BCUT2D eigenvalue weighted by molar-refractivity contribution is -0.138. The molecular formula is C22H31F3O5. The van der Waals surface area contributed by atoms with Crippen LogP contribution in [0.3, 0.4) is 0 Å². The van der Waals surface area contributed by atoms with Crippen LogP contribution in [0.25, 0.3) is 0 Å². The molecule has 1 aliphatic carbocycles. The first-order chi connectivity index (χ1) is 14.1. The van der Waals surface area contributed by atoms with Crippen LogP contribution in [-0.4, -0.2) is 38.6 Å². The summed E-state index contributed by atoms with van der Waals surface area (Å²) in [6, 6.07) is 4.62. The quantitative estimate of drug-likeness (QED) is 0.391. The van der Waals surface area contributed by atoms with Gasteiger partial charge in [-0.25, -0.2) is 0 Å². The van der Waals surface area contributed by atoms with Crippen molar-refractivity contribution in [1.29, 1.82) is 0 Å². The van der Waals surface area contributed by atoms with E-state index in [-0.39, 0.29) is 36.7 Å². The Kier molecular flexibility index (Phi) is 9.12. The summed E-state index contributed by atoms with van der Waals surface area (Å²) in [6.07, 6.45) is -2.16. The molecule has 4 N–H and O–H groups in total. The molecule has 0 amide bonds. The first-order valence-electron chi connectivity index (χ1n) is 10.5. The summed E-state index contributed by atoms with van der Waals surface area (Å²) < 4.78 is 38.6. The highest BCUT2D eigenvalue weighted by atomic mass is 19.4. The molecular weight excluding hydrogens is 401 g/mol. The maximum atomic E-state index is 12.9. The number of halogens is 3. The van der Waals surface area contributed by atoms with E-state index in [9.17, 15) is 33.3 Å². The van der Waals surface area contributed by atoms with Crippen LogP contribution in [0.5, 0.6) is 0 Å². The molecule has 0 spiro atoms. The van der Waals surface area contributed by atoms with Gasteiger partial charge in [0.05, 0.1) is 23.9 Å². The van der Waals surface area contributed by atoms with Crippen molar-refractivity contribution in [1.82, 2.24) is 0 Å². The Morgan fingerprint density at radius 2 is 1.67 bits per heavy atom. The zero-order valence-corrected chi connectivity index (χ0v) is 16.9. The van der Waals surface area contributed by atoms with Crippen molar-refractivity contribution in [2.45, 2.75) is 82.3 Å². The molecule has 0 aliphatic heterocycles. The molecule has 170 valence electrons. The zero-order valence-electron chi connectivity index (χ0n) is 16.9. The van der Waals surface area contributed by atoms with Crippen molar-refractivity contribution in [2.75, 3.05) is 0 Å². The Bertz CT molecular complexity index is 679. The minimum absolute atomic E-state index is 0.131. The summed E-state index contributed by atoms with van der Waals surface area (Å²) in [6.45, 7) is 0. The lowest BCUT2D eigenvalue weighted by atomic mass is 9.84. The van der Waals surface area contributed by atoms with E-state index in [1.54, 1.807) is 0 Å². The van der Waals surface area contributed by atoms with Crippen LogP contribution in [-0.2, 0) is 11.0 Å². The fraction of sp³-hybridized carbons (Fsp3) is 0.682. The predicted octanol–water partition coefficient (Wildman–Crippen LogP) is 4.30. The van der Waals surface area contributed by atoms with Gasteiger partial charge in [0.2, 0.25) is 0 Å². The summed E-state index contributed by atoms with van der Waals surface area (Å²) in [5.74, 6) is -1.17. The summed E-state index contributed by atoms with van der Waals surface area (Å²) >= 11 is 0. The van der Waals surface area contributed by atoms with E-state index in [0.29, 0.717) is 19.3 Å². The molecule has 0 aromatic heterocycles. The fourth-order valence-corrected chi connectivity index (χ4v) is 4.43. The number of hydrogen-bond acceptors (Lipinski definition) is 4. The Morgan fingerprint density at radius 3 is 2.30 bits per heavy atom. The zero-order chi connectivity index (χ0) is 22.3. The van der Waals surface area contributed by atoms with Gasteiger partial charge in [-0.1, -0.05) is 31.4 Å². The van der Waals surface area contributed by atoms with Crippen LogP contribution in [0.4, 0.5) is 13.2 Å². The summed E-state index contributed by atoms with van der Waals surface area (Å²) in [4.78, 5) is 10.5. The smallest absolute Gasteiger partial charge is 0.416 e. The molecule has 0 saturated heterocycles. The van der Waals surface area contributed by atoms with Gasteiger partial charge in [0.15, 0.2) is 0 Å². The van der Waals surface area contributed by atoms with Gasteiger partial charge < -0.3 is 20.4 Å². The fourth-order valence-electron chi connectivity index (χ4n) is 4.43. The number of carboxylic acid groups (broad SMARTS) is 1. The van der Waals surface area contributed by atoms with Gasteiger partial charge in [-0.15, -0.1) is 0 Å². The van der Waals surface area contributed by atoms with E-state index in [1.807, 2.05) is 0 Å². The minimum Gasteiger partial charge on any atom is -0.481 e. The molecule has 0 radical (unpaired) electrons. The number of hydrogen-bond donors (Lipinski definition) is 4. The number of rotatable bonds is 11. The molecule has 5 nitrogen and oxygen atoms in total. The van der Waals surface area contributed by atoms with Crippen molar-refractivity contribution in [3.05, 3.63) is 35.4 Å². The van der Waals surface area contributed by atoms with Crippen LogP contribution in [0, 0.1) is 11.8 Å². The standard InChI is InChI=1S/C22H31F3O5/c23-22(24,25)15-7-5-6-14(12-15)18(26)11-10-17-16(19(27)13-20(17)28)8-3-1-2-4-9-21(29)30/h5-7,12,16-20,26-28H,1-4,8-11,13H2,(H,29,30)/t16-,17-,18?,19+,20-/m1/s1. The normalized spacial score (nSPS) is 25.4. The lowest BCUT2D eigenvalue weighted by Crippen LogP contribution is -2.23. The number of alkyl halides is 3. The van der Waals surface area contributed by atoms with Gasteiger partial charge in [0.1, 0.15) is 0 Å². The Morgan fingerprint density at radius 1 is 1.03 bits per heavy atom. The number of carboxylic acids is 1. The maximum absolute atomic E-state index is 12.9. The third-order valence-electron chi connectivity index (χ3n) is 6.07. The van der Waals surface area contributed by atoms with Crippen molar-refractivity contribution < 1.29 is 38.4 Å². The van der Waals surface area contributed by atoms with Crippen LogP contribution in [0.2, 0.25) is 0 Å². The largest absolute Gasteiger partial charge is 0.481 e. The summed E-state index contributed by atoms with van der Waals surface area (Å²) in [5.41, 5.74) is -0.621. The van der Waals surface area contributed by atoms with Crippen LogP contribution >= 0.6 is 0 Å². The van der Waals surface area contributed by atoms with Gasteiger partial charge in [-0.2, -0.15) is 13.2 Å². The predicted molar refractivity (Wildman–Crippen MR) is 105 cm³/mol. The molecule has 5 atom stereocenters. The first-order valence-corrected chi connectivity index (χ1v) is 10.5. The molecule has 0 heterocycles. The van der Waals surface area contributed by atoms with E-state index in [1.165, 1.54) is 12.1 Å². The van der Waals surface area contributed by atoms with E-state index in [2.05, 4.69) is 0 Å². The molecule has 8 heteroatoms. The molecule has 2 rings (SSSR count). The highest BCUT2D eigenvalue weighted by Crippen LogP contribution is 2.40. The van der Waals surface area contributed by atoms with Gasteiger partial charge >= 0.3 is 12.1 Å². The Hall–Kier alpha value is -1.64. The second-order valence-corrected chi connectivity index (χ2v) is 8.26. The first kappa shape index (κ1) is 24.6. The third kappa shape index (κ3) is 7.25. The summed E-state index contributed by atoms with van der Waals surface area (Å²) in [5, 5.41) is 39.6. The van der Waals surface area contributed by atoms with Crippen molar-refractivity contribution in [3.8, 4) is 0 Å². The van der Waals surface area contributed by atoms with Crippen LogP contribution in [0.15, 0.2) is 24.3 Å². The monoisotopic (exact) mass is 432 g/mol. The lowest BCUT2D eigenvalue weighted by Gasteiger charge is -2.25. The topological polar surface area (TPSA) is 98.0 Å². The third-order valence-corrected chi connectivity index (χ3v) is 6.07. The van der Waals surface area contributed by atoms with Crippen molar-refractivity contribution in [3.63, 3.8) is 0 Å². The highest BCUT2D eigenvalue weighted by molar-refractivity contribution is 5.66. The molecule has 1 aromatic rings. The van der Waals surface area contributed by atoms with E-state index in [0.717, 1.165) is 31.4 Å². The van der Waals surface area contributed by atoms with Gasteiger partial charge in [0, 0.05) is 6.42 Å². The average Bonchev–Trinajstić information content (AvgIpc) is 2.94. The van der Waals surface area contributed by atoms with E-state index < -0.39 is 36.0 Å². The SMILES string of the molecule is O=C(O)CCCCCC[C@@H]1[C@@H](CCC(O)c2cccc(C(F)(F)F)c2)[C@H](O)C[C@@H]1O. The van der Waals surface area contributed by atoms with Gasteiger partial charge in [-0.05, 0) is 61.6 Å². The molecule has 30 heavy (non-hydrogen) atoms. The second kappa shape index (κ2) is 11.1. The van der Waals surface area contributed by atoms with Crippen LogP contribution in [0.1, 0.15) is 75.0 Å². The number of unbranched alkanes of at least 4 members (excludes halogenated alkanes) is 3. The summed E-state index contributed by atoms with van der Waals surface area (Å²) in [7, 11) is 0. The maximum Gasteiger partial charge on any atom is 0.416 e. The number of aliphatic hydroxyl groups excluding tert-OH is 3.